The minimum Gasteiger partial charge on any atom is -0.379 e. The van der Waals surface area contributed by atoms with Crippen molar-refractivity contribution in [3.8, 4) is 0 Å². The summed E-state index contributed by atoms with van der Waals surface area (Å²) in [6.07, 6.45) is 1.60. The molecule has 1 aromatic heterocycles. The number of aromatic nitrogens is 1. The number of rotatable bonds is 1. The van der Waals surface area contributed by atoms with E-state index < -0.39 is 0 Å². The molecule has 0 unspecified atom stereocenters. The third kappa shape index (κ3) is 0.671. The average molecular weight is 139 g/mol. The first-order valence-electron chi connectivity index (χ1n) is 3.30. The zero-order valence-electron chi connectivity index (χ0n) is 5.83. The molecule has 1 aliphatic rings. The van der Waals surface area contributed by atoms with Crippen molar-refractivity contribution < 1.29 is 9.26 Å². The van der Waals surface area contributed by atoms with E-state index in [-0.39, 0.29) is 5.41 Å². The van der Waals surface area contributed by atoms with E-state index in [1.165, 1.54) is 0 Å². The largest absolute Gasteiger partial charge is 0.379 e. The van der Waals surface area contributed by atoms with Gasteiger partial charge in [-0.2, -0.15) is 0 Å². The highest BCUT2D eigenvalue weighted by molar-refractivity contribution is 5.15. The lowest BCUT2D eigenvalue weighted by atomic mass is 9.85. The Kier molecular flexibility index (Phi) is 1.08. The highest BCUT2D eigenvalue weighted by Gasteiger charge is 2.37. The molecule has 0 aliphatic carbocycles. The summed E-state index contributed by atoms with van der Waals surface area (Å²) < 4.78 is 9.81. The van der Waals surface area contributed by atoms with E-state index in [1.54, 1.807) is 6.26 Å². The van der Waals surface area contributed by atoms with Gasteiger partial charge in [0.2, 0.25) is 0 Å². The van der Waals surface area contributed by atoms with Crippen LogP contribution >= 0.6 is 0 Å². The zero-order chi connectivity index (χ0) is 7.03. The van der Waals surface area contributed by atoms with E-state index in [0.717, 1.165) is 18.9 Å². The molecule has 1 fully saturated rings. The number of hydrogen-bond donors (Lipinski definition) is 0. The molecular weight excluding hydrogens is 130 g/mol. The van der Waals surface area contributed by atoms with Crippen LogP contribution in [0.2, 0.25) is 0 Å². The fourth-order valence-corrected chi connectivity index (χ4v) is 1.08. The van der Waals surface area contributed by atoms with Crippen LogP contribution in [0.4, 0.5) is 0 Å². The van der Waals surface area contributed by atoms with E-state index in [4.69, 9.17) is 9.26 Å². The molecular formula is C7H9NO2. The van der Waals surface area contributed by atoms with Crippen LogP contribution in [0.3, 0.4) is 0 Å². The smallest absolute Gasteiger partial charge is 0.124 e. The summed E-state index contributed by atoms with van der Waals surface area (Å²) in [7, 11) is 0. The van der Waals surface area contributed by atoms with Crippen LogP contribution in [-0.2, 0) is 10.2 Å². The van der Waals surface area contributed by atoms with E-state index in [1.807, 2.05) is 6.07 Å². The predicted octanol–water partition coefficient (Wildman–Crippen LogP) is 0.963. The topological polar surface area (TPSA) is 35.3 Å². The van der Waals surface area contributed by atoms with Crippen molar-refractivity contribution in [2.45, 2.75) is 12.3 Å². The minimum atomic E-state index is 0.118. The fourth-order valence-electron chi connectivity index (χ4n) is 1.08. The summed E-state index contributed by atoms with van der Waals surface area (Å²) >= 11 is 0. The lowest BCUT2D eigenvalue weighted by Gasteiger charge is -2.35. The van der Waals surface area contributed by atoms with Gasteiger partial charge in [-0.1, -0.05) is 5.16 Å². The van der Waals surface area contributed by atoms with Crippen molar-refractivity contribution in [1.82, 2.24) is 5.16 Å². The summed E-state index contributed by atoms with van der Waals surface area (Å²) in [5.74, 6) is 0. The molecule has 10 heavy (non-hydrogen) atoms. The summed E-state index contributed by atoms with van der Waals surface area (Å²) in [6, 6.07) is 1.89. The molecule has 1 aliphatic heterocycles. The van der Waals surface area contributed by atoms with Crippen LogP contribution < -0.4 is 0 Å². The van der Waals surface area contributed by atoms with Crippen molar-refractivity contribution in [2.75, 3.05) is 13.2 Å². The van der Waals surface area contributed by atoms with Crippen LogP contribution in [-0.4, -0.2) is 18.4 Å². The first-order chi connectivity index (χ1) is 4.81. The molecule has 0 saturated carbocycles. The SMILES string of the molecule is CC1(c2ccon2)COC1. The first kappa shape index (κ1) is 5.92. The fraction of sp³-hybridized carbons (Fsp3) is 0.571. The Labute approximate surface area is 59.0 Å². The van der Waals surface area contributed by atoms with Gasteiger partial charge < -0.3 is 9.26 Å². The van der Waals surface area contributed by atoms with Gasteiger partial charge in [0.15, 0.2) is 0 Å². The monoisotopic (exact) mass is 139 g/mol. The minimum absolute atomic E-state index is 0.118. The summed E-state index contributed by atoms with van der Waals surface area (Å²) in [4.78, 5) is 0. The van der Waals surface area contributed by atoms with Crippen LogP contribution in [0, 0.1) is 0 Å². The van der Waals surface area contributed by atoms with Gasteiger partial charge in [-0.3, -0.25) is 0 Å². The lowest BCUT2D eigenvalue weighted by Crippen LogP contribution is -2.44. The predicted molar refractivity (Wildman–Crippen MR) is 34.7 cm³/mol. The Morgan fingerprint density at radius 3 is 2.80 bits per heavy atom. The van der Waals surface area contributed by atoms with E-state index in [2.05, 4.69) is 12.1 Å². The maximum absolute atomic E-state index is 5.08. The lowest BCUT2D eigenvalue weighted by molar-refractivity contribution is -0.0532. The summed E-state index contributed by atoms with van der Waals surface area (Å²) in [6.45, 7) is 3.65. The summed E-state index contributed by atoms with van der Waals surface area (Å²) in [5.41, 5.74) is 1.12. The number of hydrogen-bond acceptors (Lipinski definition) is 3. The van der Waals surface area contributed by atoms with Crippen LogP contribution in [0.1, 0.15) is 12.6 Å². The van der Waals surface area contributed by atoms with Crippen molar-refractivity contribution in [1.29, 1.82) is 0 Å². The Balaban J connectivity index is 2.27. The van der Waals surface area contributed by atoms with Gasteiger partial charge in [0.1, 0.15) is 6.26 Å². The maximum Gasteiger partial charge on any atom is 0.124 e. The van der Waals surface area contributed by atoms with Gasteiger partial charge >= 0.3 is 0 Å². The van der Waals surface area contributed by atoms with Crippen molar-refractivity contribution in [2.24, 2.45) is 0 Å². The zero-order valence-corrected chi connectivity index (χ0v) is 5.83. The Hall–Kier alpha value is -0.830. The molecule has 0 bridgehead atoms. The van der Waals surface area contributed by atoms with Crippen molar-refractivity contribution in [3.05, 3.63) is 18.0 Å². The van der Waals surface area contributed by atoms with Gasteiger partial charge in [-0.15, -0.1) is 0 Å². The first-order valence-corrected chi connectivity index (χ1v) is 3.30. The second-order valence-electron chi connectivity index (χ2n) is 2.94. The Morgan fingerprint density at radius 1 is 1.60 bits per heavy atom. The highest BCUT2D eigenvalue weighted by atomic mass is 16.5. The number of ether oxygens (including phenoxy) is 1. The molecule has 0 atom stereocenters. The molecule has 54 valence electrons. The highest BCUT2D eigenvalue weighted by Crippen LogP contribution is 2.29. The second kappa shape index (κ2) is 1.83. The van der Waals surface area contributed by atoms with Gasteiger partial charge in [0.05, 0.1) is 24.3 Å². The van der Waals surface area contributed by atoms with Gasteiger partial charge in [-0.25, -0.2) is 0 Å². The molecule has 3 nitrogen and oxygen atoms in total. The molecule has 0 N–H and O–H groups in total. The molecule has 1 aromatic rings. The number of nitrogens with zero attached hydrogens (tertiary/aromatic N) is 1. The van der Waals surface area contributed by atoms with E-state index in [9.17, 15) is 0 Å². The van der Waals surface area contributed by atoms with E-state index >= 15 is 0 Å². The van der Waals surface area contributed by atoms with Crippen LogP contribution in [0.25, 0.3) is 0 Å². The molecule has 2 heterocycles. The molecule has 0 aromatic carbocycles. The third-order valence-electron chi connectivity index (χ3n) is 1.90. The van der Waals surface area contributed by atoms with Gasteiger partial charge in [-0.05, 0) is 6.92 Å². The van der Waals surface area contributed by atoms with Crippen LogP contribution in [0.15, 0.2) is 16.9 Å². The quantitative estimate of drug-likeness (QED) is 0.581. The third-order valence-corrected chi connectivity index (χ3v) is 1.90. The van der Waals surface area contributed by atoms with Crippen LogP contribution in [0.5, 0.6) is 0 Å². The normalized spacial score (nSPS) is 22.1. The molecule has 3 heteroatoms. The molecule has 0 radical (unpaired) electrons. The molecule has 2 rings (SSSR count). The molecule has 0 spiro atoms. The molecule has 0 amide bonds. The van der Waals surface area contributed by atoms with Gasteiger partial charge in [0, 0.05) is 6.07 Å². The van der Waals surface area contributed by atoms with Gasteiger partial charge in [0.25, 0.3) is 0 Å². The Bertz CT molecular complexity index is 214. The summed E-state index contributed by atoms with van der Waals surface area (Å²) in [5, 5.41) is 3.86. The van der Waals surface area contributed by atoms with Crippen molar-refractivity contribution in [3.63, 3.8) is 0 Å². The maximum atomic E-state index is 5.08. The molecule has 1 saturated heterocycles. The van der Waals surface area contributed by atoms with Crippen molar-refractivity contribution >= 4 is 0 Å². The van der Waals surface area contributed by atoms with E-state index in [0.29, 0.717) is 0 Å². The Morgan fingerprint density at radius 2 is 2.40 bits per heavy atom. The average Bonchev–Trinajstić information content (AvgIpc) is 2.33. The second-order valence-corrected chi connectivity index (χ2v) is 2.94. The standard InChI is InChI=1S/C7H9NO2/c1-7(4-9-5-7)6-2-3-10-8-6/h2-3H,4-5H2,1H3.